The van der Waals surface area contributed by atoms with Gasteiger partial charge in [-0.05, 0) is 32.1 Å². The third kappa shape index (κ3) is 3.95. The average molecular weight is 296 g/mol. The topological polar surface area (TPSA) is 42.4 Å². The molecule has 0 aromatic carbocycles. The van der Waals surface area contributed by atoms with E-state index in [2.05, 4.69) is 16.8 Å². The fourth-order valence-electron chi connectivity index (χ4n) is 2.76. The quantitative estimate of drug-likeness (QED) is 0.777. The van der Waals surface area contributed by atoms with Crippen LogP contribution in [0.15, 0.2) is 5.38 Å². The maximum atomic E-state index is 11.6. The largest absolute Gasteiger partial charge is 0.461 e. The Morgan fingerprint density at radius 3 is 3.05 bits per heavy atom. The molecule has 1 atom stereocenters. The van der Waals surface area contributed by atoms with Crippen LogP contribution in [0.5, 0.6) is 0 Å². The summed E-state index contributed by atoms with van der Waals surface area (Å²) in [5, 5.41) is 2.77. The highest BCUT2D eigenvalue weighted by Crippen LogP contribution is 2.27. The third-order valence-electron chi connectivity index (χ3n) is 3.79. The first kappa shape index (κ1) is 15.3. The lowest BCUT2D eigenvalue weighted by Crippen LogP contribution is -2.24. The van der Waals surface area contributed by atoms with Crippen molar-refractivity contribution >= 4 is 22.4 Å². The van der Waals surface area contributed by atoms with Crippen molar-refractivity contribution in [2.24, 2.45) is 5.92 Å². The zero-order chi connectivity index (χ0) is 14.4. The van der Waals surface area contributed by atoms with Crippen LogP contribution in [0.4, 0.5) is 5.13 Å². The first-order chi connectivity index (χ1) is 9.74. The van der Waals surface area contributed by atoms with Crippen LogP contribution in [0, 0.1) is 5.92 Å². The first-order valence-corrected chi connectivity index (χ1v) is 8.50. The van der Waals surface area contributed by atoms with Gasteiger partial charge in [0.1, 0.15) is 0 Å². The predicted octanol–water partition coefficient (Wildman–Crippen LogP) is 3.73. The normalized spacial score (nSPS) is 19.7. The van der Waals surface area contributed by atoms with Crippen molar-refractivity contribution in [3.63, 3.8) is 0 Å². The third-order valence-corrected chi connectivity index (χ3v) is 4.69. The minimum atomic E-state index is -0.311. The summed E-state index contributed by atoms with van der Waals surface area (Å²) in [5.41, 5.74) is 0.446. The Labute approximate surface area is 125 Å². The van der Waals surface area contributed by atoms with Crippen molar-refractivity contribution in [1.82, 2.24) is 4.98 Å². The SMILES string of the molecule is CCCC1CCCN(c2nc(C(=O)OCC)cs2)CC1. The van der Waals surface area contributed by atoms with E-state index in [9.17, 15) is 4.79 Å². The van der Waals surface area contributed by atoms with Gasteiger partial charge in [-0.3, -0.25) is 0 Å². The molecule has 1 unspecified atom stereocenters. The molecule has 0 bridgehead atoms. The molecule has 1 aliphatic rings. The summed E-state index contributed by atoms with van der Waals surface area (Å²) in [7, 11) is 0. The van der Waals surface area contributed by atoms with Gasteiger partial charge >= 0.3 is 5.97 Å². The molecule has 112 valence electrons. The highest BCUT2D eigenvalue weighted by Gasteiger charge is 2.20. The Morgan fingerprint density at radius 2 is 2.30 bits per heavy atom. The van der Waals surface area contributed by atoms with Crippen LogP contribution in [0.2, 0.25) is 0 Å². The number of aromatic nitrogens is 1. The molecule has 4 nitrogen and oxygen atoms in total. The summed E-state index contributed by atoms with van der Waals surface area (Å²) in [6.07, 6.45) is 6.39. The molecule has 0 amide bonds. The molecule has 0 N–H and O–H groups in total. The van der Waals surface area contributed by atoms with E-state index in [1.54, 1.807) is 11.3 Å². The number of rotatable bonds is 5. The second-order valence-electron chi connectivity index (χ2n) is 5.31. The predicted molar refractivity (Wildman–Crippen MR) is 82.5 cm³/mol. The number of ether oxygens (including phenoxy) is 1. The summed E-state index contributed by atoms with van der Waals surface area (Å²) >= 11 is 1.55. The van der Waals surface area contributed by atoms with Crippen molar-refractivity contribution in [2.45, 2.75) is 46.0 Å². The highest BCUT2D eigenvalue weighted by atomic mass is 32.1. The van der Waals surface area contributed by atoms with E-state index in [-0.39, 0.29) is 5.97 Å². The monoisotopic (exact) mass is 296 g/mol. The summed E-state index contributed by atoms with van der Waals surface area (Å²) in [6, 6.07) is 0. The molecule has 1 aromatic rings. The molecule has 0 saturated carbocycles. The van der Waals surface area contributed by atoms with Gasteiger partial charge in [0, 0.05) is 18.5 Å². The van der Waals surface area contributed by atoms with Crippen LogP contribution in [-0.2, 0) is 4.74 Å². The van der Waals surface area contributed by atoms with E-state index in [1.807, 2.05) is 12.3 Å². The fourth-order valence-corrected chi connectivity index (χ4v) is 3.61. The summed E-state index contributed by atoms with van der Waals surface area (Å²) in [6.45, 7) is 6.58. The highest BCUT2D eigenvalue weighted by molar-refractivity contribution is 7.13. The van der Waals surface area contributed by atoms with E-state index < -0.39 is 0 Å². The van der Waals surface area contributed by atoms with Crippen LogP contribution in [-0.4, -0.2) is 30.6 Å². The lowest BCUT2D eigenvalue weighted by molar-refractivity contribution is 0.0520. The Balaban J connectivity index is 1.96. The average Bonchev–Trinajstić information content (AvgIpc) is 2.81. The Hall–Kier alpha value is -1.10. The van der Waals surface area contributed by atoms with Gasteiger partial charge in [0.25, 0.3) is 0 Å². The second kappa shape index (κ2) is 7.62. The fraction of sp³-hybridized carbons (Fsp3) is 0.733. The molecule has 2 rings (SSSR count). The summed E-state index contributed by atoms with van der Waals surface area (Å²) in [4.78, 5) is 18.4. The van der Waals surface area contributed by atoms with Gasteiger partial charge in [0.15, 0.2) is 10.8 Å². The van der Waals surface area contributed by atoms with Gasteiger partial charge in [-0.1, -0.05) is 19.8 Å². The van der Waals surface area contributed by atoms with E-state index >= 15 is 0 Å². The number of nitrogens with zero attached hydrogens (tertiary/aromatic N) is 2. The standard InChI is InChI=1S/C15H24N2O2S/c1-3-6-12-7-5-9-17(10-8-12)15-16-13(11-20-15)14(18)19-4-2/h11-12H,3-10H2,1-2H3. The van der Waals surface area contributed by atoms with Crippen LogP contribution >= 0.6 is 11.3 Å². The molecule has 2 heterocycles. The molecule has 1 fully saturated rings. The molecule has 1 saturated heterocycles. The zero-order valence-corrected chi connectivity index (χ0v) is 13.2. The number of hydrogen-bond donors (Lipinski definition) is 0. The number of carbonyl (C=O) groups excluding carboxylic acids is 1. The van der Waals surface area contributed by atoms with Gasteiger partial charge in [-0.2, -0.15) is 0 Å². The van der Waals surface area contributed by atoms with E-state index in [4.69, 9.17) is 4.74 Å². The number of esters is 1. The van der Waals surface area contributed by atoms with Gasteiger partial charge in [0.05, 0.1) is 6.61 Å². The number of carbonyl (C=O) groups is 1. The van der Waals surface area contributed by atoms with Crippen molar-refractivity contribution in [1.29, 1.82) is 0 Å². The molecule has 0 radical (unpaired) electrons. The molecule has 20 heavy (non-hydrogen) atoms. The van der Waals surface area contributed by atoms with E-state index in [0.717, 1.165) is 24.1 Å². The van der Waals surface area contributed by atoms with Gasteiger partial charge in [-0.15, -0.1) is 11.3 Å². The second-order valence-corrected chi connectivity index (χ2v) is 6.14. The van der Waals surface area contributed by atoms with Gasteiger partial charge in [-0.25, -0.2) is 9.78 Å². The van der Waals surface area contributed by atoms with Gasteiger partial charge < -0.3 is 9.64 Å². The van der Waals surface area contributed by atoms with Crippen LogP contribution in [0.25, 0.3) is 0 Å². The van der Waals surface area contributed by atoms with Crippen LogP contribution in [0.3, 0.4) is 0 Å². The molecular weight excluding hydrogens is 272 g/mol. The molecular formula is C15H24N2O2S. The van der Waals surface area contributed by atoms with Crippen molar-refractivity contribution in [3.8, 4) is 0 Å². The number of thiazole rings is 1. The molecule has 1 aliphatic heterocycles. The minimum Gasteiger partial charge on any atom is -0.461 e. The first-order valence-electron chi connectivity index (χ1n) is 7.62. The summed E-state index contributed by atoms with van der Waals surface area (Å²) < 4.78 is 4.99. The van der Waals surface area contributed by atoms with E-state index in [1.165, 1.54) is 32.1 Å². The number of hydrogen-bond acceptors (Lipinski definition) is 5. The van der Waals surface area contributed by atoms with Crippen LogP contribution in [0.1, 0.15) is 56.4 Å². The minimum absolute atomic E-state index is 0.311. The van der Waals surface area contributed by atoms with Gasteiger partial charge in [0.2, 0.25) is 0 Å². The smallest absolute Gasteiger partial charge is 0.357 e. The maximum Gasteiger partial charge on any atom is 0.357 e. The molecule has 0 aliphatic carbocycles. The zero-order valence-electron chi connectivity index (χ0n) is 12.4. The number of anilines is 1. The van der Waals surface area contributed by atoms with Crippen molar-refractivity contribution in [2.75, 3.05) is 24.6 Å². The van der Waals surface area contributed by atoms with E-state index in [0.29, 0.717) is 12.3 Å². The Bertz CT molecular complexity index is 433. The maximum absolute atomic E-state index is 11.6. The molecule has 5 heteroatoms. The lowest BCUT2D eigenvalue weighted by atomic mass is 9.96. The lowest BCUT2D eigenvalue weighted by Gasteiger charge is -2.19. The van der Waals surface area contributed by atoms with Crippen molar-refractivity contribution < 1.29 is 9.53 Å². The Kier molecular flexibility index (Phi) is 5.83. The summed E-state index contributed by atoms with van der Waals surface area (Å²) in [5.74, 6) is 0.545. The Morgan fingerprint density at radius 1 is 1.45 bits per heavy atom. The molecule has 1 aromatic heterocycles. The van der Waals surface area contributed by atoms with Crippen molar-refractivity contribution in [3.05, 3.63) is 11.1 Å². The van der Waals surface area contributed by atoms with Crippen LogP contribution < -0.4 is 4.90 Å². The molecule has 0 spiro atoms.